The van der Waals surface area contributed by atoms with Gasteiger partial charge in [0.05, 0.1) is 37.6 Å². The molecule has 2 aliphatic heterocycles. The normalized spacial score (nSPS) is 19.0. The molecule has 11 heteroatoms. The number of ketones is 1. The molecule has 1 amide bonds. The van der Waals surface area contributed by atoms with Gasteiger partial charge in [-0.15, -0.1) is 0 Å². The Kier molecular flexibility index (Phi) is 8.22. The molecule has 0 saturated carbocycles. The van der Waals surface area contributed by atoms with Crippen LogP contribution in [-0.2, 0) is 20.7 Å². The Bertz CT molecular complexity index is 1590. The molecule has 0 unspecified atom stereocenters. The predicted octanol–water partition coefficient (Wildman–Crippen LogP) is 5.38. The molecule has 2 atom stereocenters. The van der Waals surface area contributed by atoms with Crippen molar-refractivity contribution in [2.75, 3.05) is 25.2 Å². The average molecular weight is 593 g/mol. The van der Waals surface area contributed by atoms with Crippen LogP contribution in [0.1, 0.15) is 65.3 Å². The molecule has 1 fully saturated rings. The maximum absolute atomic E-state index is 13.7. The molecule has 220 valence electrons. The topological polar surface area (TPSA) is 124 Å². The van der Waals surface area contributed by atoms with Crippen LogP contribution >= 0.6 is 11.3 Å². The zero-order valence-electron chi connectivity index (χ0n) is 24.1. The first kappa shape index (κ1) is 29.1. The second kappa shape index (κ2) is 11.8. The predicted molar refractivity (Wildman–Crippen MR) is 157 cm³/mol. The third-order valence-corrected chi connectivity index (χ3v) is 8.16. The number of aromatic nitrogens is 1. The summed E-state index contributed by atoms with van der Waals surface area (Å²) in [5, 5.41) is 11.7. The van der Waals surface area contributed by atoms with Crippen LogP contribution in [0.15, 0.2) is 42.0 Å². The number of hydrogen-bond acceptors (Lipinski definition) is 10. The third kappa shape index (κ3) is 5.20. The number of methoxy groups -OCH3 is 1. The number of benzene rings is 2. The first-order valence-electron chi connectivity index (χ1n) is 13.7. The van der Waals surface area contributed by atoms with E-state index in [-0.39, 0.29) is 27.4 Å². The van der Waals surface area contributed by atoms with Gasteiger partial charge in [-0.2, -0.15) is 0 Å². The van der Waals surface area contributed by atoms with E-state index in [4.69, 9.17) is 18.9 Å². The quantitative estimate of drug-likeness (QED) is 0.151. The summed E-state index contributed by atoms with van der Waals surface area (Å²) >= 11 is 0.939. The molecule has 42 heavy (non-hydrogen) atoms. The summed E-state index contributed by atoms with van der Waals surface area (Å²) in [4.78, 5) is 45.6. The van der Waals surface area contributed by atoms with Crippen LogP contribution in [0.5, 0.6) is 17.2 Å². The van der Waals surface area contributed by atoms with E-state index in [1.807, 2.05) is 20.8 Å². The fourth-order valence-corrected chi connectivity index (χ4v) is 6.14. The van der Waals surface area contributed by atoms with Crippen molar-refractivity contribution >= 4 is 39.9 Å². The number of esters is 1. The van der Waals surface area contributed by atoms with Crippen molar-refractivity contribution in [1.29, 1.82) is 0 Å². The number of carbonyl (C=O) groups is 3. The monoisotopic (exact) mass is 592 g/mol. The number of aliphatic hydroxyl groups is 1. The molecular weight excluding hydrogens is 560 g/mol. The first-order valence-corrected chi connectivity index (χ1v) is 14.6. The number of amides is 1. The number of nitrogens with zero attached hydrogens (tertiary/aromatic N) is 2. The Morgan fingerprint density at radius 2 is 1.93 bits per heavy atom. The fourth-order valence-electron chi connectivity index (χ4n) is 5.13. The lowest BCUT2D eigenvalue weighted by molar-refractivity contribution is -0.132. The van der Waals surface area contributed by atoms with Crippen molar-refractivity contribution < 1.29 is 38.4 Å². The minimum Gasteiger partial charge on any atom is -0.507 e. The zero-order chi connectivity index (χ0) is 30.1. The molecule has 3 aromatic rings. The van der Waals surface area contributed by atoms with Crippen molar-refractivity contribution in [2.45, 2.75) is 52.7 Å². The molecule has 5 rings (SSSR count). The minimum atomic E-state index is -1.07. The van der Waals surface area contributed by atoms with Crippen molar-refractivity contribution in [1.82, 2.24) is 4.98 Å². The summed E-state index contributed by atoms with van der Waals surface area (Å²) in [6, 6.07) is 9.26. The molecule has 0 spiro atoms. The fraction of sp³-hybridized carbons (Fsp3) is 0.355. The van der Waals surface area contributed by atoms with Crippen molar-refractivity contribution in [2.24, 2.45) is 0 Å². The van der Waals surface area contributed by atoms with Crippen LogP contribution in [0.25, 0.3) is 5.76 Å². The van der Waals surface area contributed by atoms with E-state index in [0.717, 1.165) is 23.3 Å². The Morgan fingerprint density at radius 3 is 2.64 bits per heavy atom. The maximum atomic E-state index is 13.7. The van der Waals surface area contributed by atoms with E-state index >= 15 is 0 Å². The number of thiazole rings is 1. The number of carbonyl (C=O) groups excluding carboxylic acids is 3. The highest BCUT2D eigenvalue weighted by Gasteiger charge is 2.48. The molecule has 1 aromatic heterocycles. The van der Waals surface area contributed by atoms with Gasteiger partial charge in [-0.1, -0.05) is 24.3 Å². The van der Waals surface area contributed by atoms with Gasteiger partial charge in [-0.25, -0.2) is 9.78 Å². The summed E-state index contributed by atoms with van der Waals surface area (Å²) in [7, 11) is 1.26. The number of fused-ring (bicyclic) bond motifs is 1. The molecule has 0 radical (unpaired) electrons. The minimum absolute atomic E-state index is 0.00875. The molecule has 0 bridgehead atoms. The Hall–Kier alpha value is -4.38. The summed E-state index contributed by atoms with van der Waals surface area (Å²) in [5.74, 6) is -1.01. The van der Waals surface area contributed by atoms with E-state index in [2.05, 4.69) is 4.98 Å². The van der Waals surface area contributed by atoms with Crippen LogP contribution in [-0.4, -0.2) is 54.2 Å². The van der Waals surface area contributed by atoms with E-state index in [0.29, 0.717) is 53.7 Å². The molecule has 10 nitrogen and oxygen atoms in total. The van der Waals surface area contributed by atoms with E-state index in [9.17, 15) is 19.5 Å². The highest BCUT2D eigenvalue weighted by molar-refractivity contribution is 7.17. The highest BCUT2D eigenvalue weighted by atomic mass is 32.1. The van der Waals surface area contributed by atoms with Crippen molar-refractivity contribution in [3.05, 3.63) is 69.2 Å². The molecule has 0 aliphatic carbocycles. The number of Topliss-reactive ketones (excluding diaryl/α,β-unsaturated/α-hetero) is 1. The standard InChI is InChI=1S/C31H32N2O8S/c1-6-12-40-22-11-8-18(15-23(22)39-7-2)25-24(26(34)19-9-10-21-20(14-19)13-16(3)41-21)27(35)29(36)33(25)31-32-17(4)28(42-31)30(37)38-5/h8-11,14-16,25,34H,6-7,12-13H2,1-5H3/t16-,25-/m1/s1. The van der Waals surface area contributed by atoms with Crippen LogP contribution in [0.2, 0.25) is 0 Å². The second-order valence-electron chi connectivity index (χ2n) is 10.0. The summed E-state index contributed by atoms with van der Waals surface area (Å²) < 4.78 is 22.4. The van der Waals surface area contributed by atoms with Gasteiger partial charge in [-0.3, -0.25) is 14.5 Å². The van der Waals surface area contributed by atoms with Crippen LogP contribution in [0.3, 0.4) is 0 Å². The number of aryl methyl sites for hydroxylation is 1. The molecule has 1 saturated heterocycles. The van der Waals surface area contributed by atoms with Gasteiger partial charge < -0.3 is 24.1 Å². The number of ether oxygens (including phenoxy) is 4. The lowest BCUT2D eigenvalue weighted by atomic mass is 9.94. The maximum Gasteiger partial charge on any atom is 0.350 e. The van der Waals surface area contributed by atoms with Crippen molar-refractivity contribution in [3.63, 3.8) is 0 Å². The van der Waals surface area contributed by atoms with E-state index < -0.39 is 23.7 Å². The lowest BCUT2D eigenvalue weighted by Crippen LogP contribution is -2.29. The second-order valence-corrected chi connectivity index (χ2v) is 11.0. The van der Waals surface area contributed by atoms with Crippen LogP contribution < -0.4 is 19.1 Å². The number of aliphatic hydroxyl groups excluding tert-OH is 1. The zero-order valence-corrected chi connectivity index (χ0v) is 24.9. The summed E-state index contributed by atoms with van der Waals surface area (Å²) in [6.07, 6.45) is 1.44. The number of anilines is 1. The lowest BCUT2D eigenvalue weighted by Gasteiger charge is -2.24. The van der Waals surface area contributed by atoms with Gasteiger partial charge >= 0.3 is 11.9 Å². The molecule has 2 aromatic carbocycles. The van der Waals surface area contributed by atoms with E-state index in [1.54, 1.807) is 43.3 Å². The van der Waals surface area contributed by atoms with Crippen LogP contribution in [0, 0.1) is 6.92 Å². The van der Waals surface area contributed by atoms with Gasteiger partial charge in [0.1, 0.15) is 22.5 Å². The Balaban J connectivity index is 1.69. The van der Waals surface area contributed by atoms with Gasteiger partial charge in [0, 0.05) is 12.0 Å². The van der Waals surface area contributed by atoms with E-state index in [1.165, 1.54) is 12.0 Å². The molecule has 3 heterocycles. The van der Waals surface area contributed by atoms with Crippen LogP contribution in [0.4, 0.5) is 5.13 Å². The number of hydrogen-bond donors (Lipinski definition) is 1. The van der Waals surface area contributed by atoms with Crippen molar-refractivity contribution in [3.8, 4) is 17.2 Å². The highest BCUT2D eigenvalue weighted by Crippen LogP contribution is 2.46. The Labute approximate surface area is 247 Å². The first-order chi connectivity index (χ1) is 20.2. The third-order valence-electron chi connectivity index (χ3n) is 7.02. The Morgan fingerprint density at radius 1 is 1.14 bits per heavy atom. The molecule has 2 aliphatic rings. The summed E-state index contributed by atoms with van der Waals surface area (Å²) in [5.41, 5.74) is 2.02. The molecule has 1 N–H and O–H groups in total. The smallest absolute Gasteiger partial charge is 0.350 e. The average Bonchev–Trinajstić information content (AvgIpc) is 3.63. The van der Waals surface area contributed by atoms with Gasteiger partial charge in [-0.05, 0) is 68.7 Å². The van der Waals surface area contributed by atoms with Gasteiger partial charge in [0.25, 0.3) is 5.78 Å². The van der Waals surface area contributed by atoms with Gasteiger partial charge in [0.2, 0.25) is 0 Å². The number of rotatable bonds is 9. The molecular formula is C31H32N2O8S. The largest absolute Gasteiger partial charge is 0.507 e. The summed E-state index contributed by atoms with van der Waals surface area (Å²) in [6.45, 7) is 8.25. The SMILES string of the molecule is CCCOc1ccc([C@@H]2C(=C(O)c3ccc4c(c3)C[C@@H](C)O4)C(=O)C(=O)N2c2nc(C)c(C(=O)OC)s2)cc1OCC. The van der Waals surface area contributed by atoms with Gasteiger partial charge in [0.15, 0.2) is 16.6 Å².